The molecule has 0 radical (unpaired) electrons. The number of rotatable bonds is 4. The van der Waals surface area contributed by atoms with E-state index >= 15 is 0 Å². The molecular formula is C12H20N2O4S. The molecule has 108 valence electrons. The van der Waals surface area contributed by atoms with Gasteiger partial charge in [0, 0.05) is 6.20 Å². The van der Waals surface area contributed by atoms with Crippen LogP contribution in [0.15, 0.2) is 11.6 Å². The molecule has 0 fully saturated rings. The van der Waals surface area contributed by atoms with Gasteiger partial charge in [0.1, 0.15) is 12.1 Å². The molecule has 0 bridgehead atoms. The molecule has 7 heteroatoms. The maximum atomic E-state index is 11.7. The SMILES string of the molecule is CCOC(=O)CN1C=CS[C@H]1NC(=O)OC(C)(C)C. The molecule has 0 spiro atoms. The molecule has 0 aliphatic carbocycles. The lowest BCUT2D eigenvalue weighted by molar-refractivity contribution is -0.144. The van der Waals surface area contributed by atoms with Crippen LogP contribution in [0.3, 0.4) is 0 Å². The van der Waals surface area contributed by atoms with Gasteiger partial charge in [-0.3, -0.25) is 10.1 Å². The van der Waals surface area contributed by atoms with E-state index in [9.17, 15) is 9.59 Å². The Labute approximate surface area is 117 Å². The molecule has 19 heavy (non-hydrogen) atoms. The molecule has 1 N–H and O–H groups in total. The average molecular weight is 288 g/mol. The molecule has 0 aromatic heterocycles. The Morgan fingerprint density at radius 2 is 2.11 bits per heavy atom. The zero-order chi connectivity index (χ0) is 14.5. The molecule has 1 amide bonds. The number of nitrogens with zero attached hydrogens (tertiary/aromatic N) is 1. The van der Waals surface area contributed by atoms with E-state index in [1.165, 1.54) is 11.8 Å². The molecule has 6 nitrogen and oxygen atoms in total. The van der Waals surface area contributed by atoms with Gasteiger partial charge in [0.2, 0.25) is 0 Å². The van der Waals surface area contributed by atoms with Gasteiger partial charge >= 0.3 is 12.1 Å². The molecule has 0 aromatic rings. The fourth-order valence-corrected chi connectivity index (χ4v) is 2.20. The van der Waals surface area contributed by atoms with Crippen LogP contribution in [0.25, 0.3) is 0 Å². The van der Waals surface area contributed by atoms with E-state index in [-0.39, 0.29) is 18.0 Å². The Balaban J connectivity index is 2.45. The number of esters is 1. The third kappa shape index (κ3) is 5.87. The Morgan fingerprint density at radius 1 is 1.42 bits per heavy atom. The standard InChI is InChI=1S/C12H20N2O4S/c1-5-17-9(15)8-14-6-7-19-10(14)13-11(16)18-12(2,3)4/h6-7,10H,5,8H2,1-4H3,(H,13,16)/t10-/m0/s1. The van der Waals surface area contributed by atoms with Crippen molar-refractivity contribution >= 4 is 23.8 Å². The third-order valence-electron chi connectivity index (χ3n) is 2.02. The van der Waals surface area contributed by atoms with Crippen molar-refractivity contribution in [2.45, 2.75) is 38.8 Å². The van der Waals surface area contributed by atoms with Gasteiger partial charge in [0.25, 0.3) is 0 Å². The number of thioether (sulfide) groups is 1. The van der Waals surface area contributed by atoms with Gasteiger partial charge in [0.05, 0.1) is 6.61 Å². The number of ether oxygens (including phenoxy) is 2. The van der Waals surface area contributed by atoms with Crippen molar-refractivity contribution in [3.8, 4) is 0 Å². The lowest BCUT2D eigenvalue weighted by Gasteiger charge is -2.26. The zero-order valence-corrected chi connectivity index (χ0v) is 12.5. The lowest BCUT2D eigenvalue weighted by atomic mass is 10.2. The highest BCUT2D eigenvalue weighted by atomic mass is 32.2. The van der Waals surface area contributed by atoms with E-state index in [1.54, 1.807) is 44.2 Å². The monoisotopic (exact) mass is 288 g/mol. The smallest absolute Gasteiger partial charge is 0.409 e. The van der Waals surface area contributed by atoms with Crippen molar-refractivity contribution in [3.05, 3.63) is 11.6 Å². The van der Waals surface area contributed by atoms with Crippen molar-refractivity contribution in [1.82, 2.24) is 10.2 Å². The minimum atomic E-state index is -0.549. The van der Waals surface area contributed by atoms with Crippen molar-refractivity contribution in [2.75, 3.05) is 13.2 Å². The first-order valence-electron chi connectivity index (χ1n) is 6.05. The molecule has 0 aromatic carbocycles. The quantitative estimate of drug-likeness (QED) is 0.797. The molecule has 1 atom stereocenters. The number of hydrogen-bond acceptors (Lipinski definition) is 6. The van der Waals surface area contributed by atoms with Gasteiger partial charge in [-0.05, 0) is 33.1 Å². The van der Waals surface area contributed by atoms with Gasteiger partial charge in [-0.2, -0.15) is 0 Å². The Kier molecular flexibility index (Phi) is 5.53. The summed E-state index contributed by atoms with van der Waals surface area (Å²) in [6, 6.07) is 0. The van der Waals surface area contributed by atoms with E-state index in [0.717, 1.165) is 0 Å². The van der Waals surface area contributed by atoms with Gasteiger partial charge in [0.15, 0.2) is 5.50 Å². The summed E-state index contributed by atoms with van der Waals surface area (Å²) >= 11 is 1.39. The van der Waals surface area contributed by atoms with Crippen LogP contribution in [0.1, 0.15) is 27.7 Å². The first-order chi connectivity index (χ1) is 8.81. The van der Waals surface area contributed by atoms with Gasteiger partial charge in [-0.25, -0.2) is 4.79 Å². The minimum absolute atomic E-state index is 0.0950. The molecule has 0 saturated carbocycles. The second-order valence-electron chi connectivity index (χ2n) is 4.90. The van der Waals surface area contributed by atoms with Crippen molar-refractivity contribution in [2.24, 2.45) is 0 Å². The topological polar surface area (TPSA) is 67.9 Å². The molecular weight excluding hydrogens is 268 g/mol. The predicted octanol–water partition coefficient (Wildman–Crippen LogP) is 1.88. The van der Waals surface area contributed by atoms with Crippen LogP contribution in [-0.2, 0) is 14.3 Å². The highest BCUT2D eigenvalue weighted by Gasteiger charge is 2.26. The number of carbonyl (C=O) groups is 2. The second kappa shape index (κ2) is 6.70. The minimum Gasteiger partial charge on any atom is -0.465 e. The van der Waals surface area contributed by atoms with E-state index in [2.05, 4.69) is 5.32 Å². The first kappa shape index (κ1) is 15.7. The van der Waals surface area contributed by atoms with Crippen LogP contribution >= 0.6 is 11.8 Å². The Bertz CT molecular complexity index is 365. The normalized spacial score (nSPS) is 18.3. The number of nitrogens with one attached hydrogen (secondary N) is 1. The van der Waals surface area contributed by atoms with Crippen LogP contribution < -0.4 is 5.32 Å². The maximum Gasteiger partial charge on any atom is 0.409 e. The summed E-state index contributed by atoms with van der Waals surface area (Å²) in [5, 5.41) is 4.50. The molecule has 0 unspecified atom stereocenters. The van der Waals surface area contributed by atoms with Crippen LogP contribution in [0.5, 0.6) is 0 Å². The van der Waals surface area contributed by atoms with Gasteiger partial charge in [-0.15, -0.1) is 0 Å². The van der Waals surface area contributed by atoms with Crippen LogP contribution in [0.4, 0.5) is 4.79 Å². The summed E-state index contributed by atoms with van der Waals surface area (Å²) in [5.41, 5.74) is -0.897. The molecule has 0 saturated heterocycles. The second-order valence-corrected chi connectivity index (χ2v) is 5.89. The Morgan fingerprint density at radius 3 is 2.68 bits per heavy atom. The maximum absolute atomic E-state index is 11.7. The summed E-state index contributed by atoms with van der Waals surface area (Å²) < 4.78 is 10.0. The van der Waals surface area contributed by atoms with Gasteiger partial charge in [-0.1, -0.05) is 11.8 Å². The van der Waals surface area contributed by atoms with Crippen LogP contribution in [0.2, 0.25) is 0 Å². The summed E-state index contributed by atoms with van der Waals surface area (Å²) in [5.74, 6) is -0.328. The predicted molar refractivity (Wildman–Crippen MR) is 73.2 cm³/mol. The fourth-order valence-electron chi connectivity index (χ4n) is 1.36. The molecule has 1 heterocycles. The van der Waals surface area contributed by atoms with Gasteiger partial charge < -0.3 is 14.4 Å². The van der Waals surface area contributed by atoms with Crippen molar-refractivity contribution < 1.29 is 19.1 Å². The van der Waals surface area contributed by atoms with E-state index < -0.39 is 11.7 Å². The summed E-state index contributed by atoms with van der Waals surface area (Å²) in [7, 11) is 0. The number of hydrogen-bond donors (Lipinski definition) is 1. The molecule has 1 rings (SSSR count). The van der Waals surface area contributed by atoms with Crippen LogP contribution in [0, 0.1) is 0 Å². The summed E-state index contributed by atoms with van der Waals surface area (Å²) in [4.78, 5) is 24.7. The Hall–Kier alpha value is -1.37. The zero-order valence-electron chi connectivity index (χ0n) is 11.6. The fraction of sp³-hybridized carbons (Fsp3) is 0.667. The number of amides is 1. The molecule has 1 aliphatic heterocycles. The number of alkyl carbamates (subject to hydrolysis) is 1. The third-order valence-corrected chi connectivity index (χ3v) is 2.94. The lowest BCUT2D eigenvalue weighted by Crippen LogP contribution is -2.45. The summed E-state index contributed by atoms with van der Waals surface area (Å²) in [6.45, 7) is 7.57. The highest BCUT2D eigenvalue weighted by molar-refractivity contribution is 8.02. The van der Waals surface area contributed by atoms with Crippen molar-refractivity contribution in [3.63, 3.8) is 0 Å². The van der Waals surface area contributed by atoms with E-state index in [0.29, 0.717) is 6.61 Å². The number of carbonyl (C=O) groups excluding carboxylic acids is 2. The first-order valence-corrected chi connectivity index (χ1v) is 6.99. The highest BCUT2D eigenvalue weighted by Crippen LogP contribution is 2.23. The summed E-state index contributed by atoms with van der Waals surface area (Å²) in [6.07, 6.45) is 1.23. The average Bonchev–Trinajstić information content (AvgIpc) is 2.62. The van der Waals surface area contributed by atoms with Crippen LogP contribution in [-0.4, -0.2) is 41.2 Å². The van der Waals surface area contributed by atoms with Crippen molar-refractivity contribution in [1.29, 1.82) is 0 Å². The van der Waals surface area contributed by atoms with E-state index in [4.69, 9.17) is 9.47 Å². The largest absolute Gasteiger partial charge is 0.465 e. The van der Waals surface area contributed by atoms with E-state index in [1.807, 2.05) is 0 Å². The molecule has 1 aliphatic rings.